The van der Waals surface area contributed by atoms with Crippen LogP contribution in [0.3, 0.4) is 0 Å². The molecule has 17 atom stereocenters. The van der Waals surface area contributed by atoms with Gasteiger partial charge in [-0.1, -0.05) is 26.8 Å². The summed E-state index contributed by atoms with van der Waals surface area (Å²) in [5.74, 6) is 1.06. The Hall–Kier alpha value is -1.40. The molecule has 0 radical (unpaired) electrons. The molecule has 5 fully saturated rings. The third-order valence-electron chi connectivity index (χ3n) is 14.0. The van der Waals surface area contributed by atoms with Crippen molar-refractivity contribution in [2.45, 2.75) is 174 Å². The van der Waals surface area contributed by atoms with Gasteiger partial charge < -0.3 is 38.1 Å². The average Bonchev–Trinajstić information content (AvgIpc) is 3.69. The summed E-state index contributed by atoms with van der Waals surface area (Å²) in [6, 6.07) is 0.350. The van der Waals surface area contributed by atoms with E-state index in [1.165, 1.54) is 0 Å². The molecule has 0 unspecified atom stereocenters. The van der Waals surface area contributed by atoms with Gasteiger partial charge in [0.15, 0.2) is 18.4 Å². The van der Waals surface area contributed by atoms with Crippen LogP contribution in [0.2, 0.25) is 0 Å². The molecule has 6 aliphatic rings. The number of likely N-dealkylation sites (N-methyl/N-ethyl adjacent to an activating group) is 1. The van der Waals surface area contributed by atoms with E-state index in [1.54, 1.807) is 7.11 Å². The summed E-state index contributed by atoms with van der Waals surface area (Å²) in [6.07, 6.45) is 9.91. The number of fused-ring (bicyclic) bond motifs is 5. The van der Waals surface area contributed by atoms with Crippen molar-refractivity contribution in [1.29, 1.82) is 0 Å². The lowest BCUT2D eigenvalue weighted by Crippen LogP contribution is -2.56. The van der Waals surface area contributed by atoms with Crippen LogP contribution in [0, 0.1) is 41.4 Å². The maximum Gasteiger partial charge on any atom is 0.306 e. The van der Waals surface area contributed by atoms with Crippen LogP contribution in [0.15, 0.2) is 11.6 Å². The van der Waals surface area contributed by atoms with Crippen LogP contribution < -0.4 is 0 Å². The molecule has 3 saturated heterocycles. The van der Waals surface area contributed by atoms with Gasteiger partial charge in [-0.2, -0.15) is 0 Å². The van der Waals surface area contributed by atoms with Crippen LogP contribution in [0.5, 0.6) is 0 Å². The third kappa shape index (κ3) is 8.53. The number of methoxy groups -OCH3 is 1. The highest BCUT2D eigenvalue weighted by Crippen LogP contribution is 2.57. The van der Waals surface area contributed by atoms with E-state index in [1.807, 2.05) is 13.8 Å². The van der Waals surface area contributed by atoms with Crippen LogP contribution >= 0.6 is 0 Å². The minimum absolute atomic E-state index is 0.00552. The number of rotatable bonds is 9. The Morgan fingerprint density at radius 3 is 2.35 bits per heavy atom. The summed E-state index contributed by atoms with van der Waals surface area (Å²) in [7, 11) is 5.91. The number of cyclic esters (lactones) is 1. The number of hydrogen-bond acceptors (Lipinski definition) is 10. The topological polar surface area (TPSA) is 102 Å². The summed E-state index contributed by atoms with van der Waals surface area (Å²) in [5, 5.41) is 0. The van der Waals surface area contributed by atoms with E-state index in [-0.39, 0.29) is 96.8 Å². The van der Waals surface area contributed by atoms with Crippen molar-refractivity contribution < 1.29 is 42.7 Å². The van der Waals surface area contributed by atoms with Crippen LogP contribution in [0.25, 0.3) is 0 Å². The third-order valence-corrected chi connectivity index (χ3v) is 14.0. The second-order valence-corrected chi connectivity index (χ2v) is 17.3. The van der Waals surface area contributed by atoms with Gasteiger partial charge in [-0.15, -0.1) is 0 Å². The van der Waals surface area contributed by atoms with E-state index < -0.39 is 6.29 Å². The van der Waals surface area contributed by atoms with Crippen molar-refractivity contribution in [2.24, 2.45) is 41.4 Å². The Bertz CT molecular complexity index is 1240. The molecule has 0 N–H and O–H groups in total. The van der Waals surface area contributed by atoms with Crippen molar-refractivity contribution >= 4 is 11.8 Å². The predicted octanol–water partition coefficient (Wildman–Crippen LogP) is 6.72. The number of ketones is 1. The van der Waals surface area contributed by atoms with Gasteiger partial charge in [0, 0.05) is 37.5 Å². The number of esters is 1. The number of hydrogen-bond donors (Lipinski definition) is 0. The molecule has 10 nitrogen and oxygen atoms in total. The van der Waals surface area contributed by atoms with Crippen LogP contribution in [0.1, 0.15) is 112 Å². The Balaban J connectivity index is 1.20. The molecule has 10 heteroatoms. The molecule has 0 bridgehead atoms. The minimum Gasteiger partial charge on any atom is -0.462 e. The highest BCUT2D eigenvalue weighted by atomic mass is 16.7. The van der Waals surface area contributed by atoms with Gasteiger partial charge in [-0.05, 0) is 128 Å². The minimum atomic E-state index is -0.490. The fourth-order valence-corrected chi connectivity index (χ4v) is 10.9. The monoisotopic (exact) mass is 731 g/mol. The molecule has 0 aromatic rings. The molecule has 0 aromatic carbocycles. The zero-order chi connectivity index (χ0) is 37.3. The number of Topliss-reactive ketones (excluding diaryl/α,β-unsaturated/α-hetero) is 1. The molecule has 0 amide bonds. The number of nitrogens with zero attached hydrogens (tertiary/aromatic N) is 1. The first-order valence-electron chi connectivity index (χ1n) is 20.8. The number of carbonyl (C=O) groups is 2. The molecular weight excluding hydrogens is 662 g/mol. The second kappa shape index (κ2) is 17.6. The van der Waals surface area contributed by atoms with E-state index >= 15 is 0 Å². The van der Waals surface area contributed by atoms with E-state index in [9.17, 15) is 9.59 Å². The number of ether oxygens (including phenoxy) is 7. The van der Waals surface area contributed by atoms with E-state index in [4.69, 9.17) is 33.2 Å². The lowest BCUT2D eigenvalue weighted by atomic mass is 9.66. The van der Waals surface area contributed by atoms with Gasteiger partial charge in [-0.3, -0.25) is 9.59 Å². The molecule has 3 heterocycles. The number of carbonyl (C=O) groups excluding carboxylic acids is 2. The van der Waals surface area contributed by atoms with Crippen molar-refractivity contribution in [3.63, 3.8) is 0 Å². The highest BCUT2D eigenvalue weighted by molar-refractivity contribution is 5.99. The van der Waals surface area contributed by atoms with Crippen LogP contribution in [0.4, 0.5) is 0 Å². The van der Waals surface area contributed by atoms with Crippen LogP contribution in [-0.2, 0) is 42.7 Å². The Labute approximate surface area is 313 Å². The van der Waals surface area contributed by atoms with E-state index in [2.05, 4.69) is 52.8 Å². The zero-order valence-corrected chi connectivity index (χ0v) is 33.5. The average molecular weight is 732 g/mol. The summed E-state index contributed by atoms with van der Waals surface area (Å²) in [5.41, 5.74) is 0.828. The SMILES string of the molecule is CCO[C@@H]1[C@@H](C)[C@H](C)O[C@@H](O[C@@H]2C[C@H]3CC[C@@H]4[C@@H](C=C5C(=O)[C@H](C)[C@@H](O[C@H]6CC[C@H](N(C)C)[C@@H](C)O6)CCC[C@H](CC)OC(=O)C[C@H]54)[C@@H]3C2)[C@@H]1OC. The zero-order valence-electron chi connectivity index (χ0n) is 33.5. The van der Waals surface area contributed by atoms with Gasteiger partial charge in [0.1, 0.15) is 12.2 Å². The summed E-state index contributed by atoms with van der Waals surface area (Å²) in [4.78, 5) is 30.4. The van der Waals surface area contributed by atoms with Crippen LogP contribution in [-0.4, -0.2) is 106 Å². The largest absolute Gasteiger partial charge is 0.462 e. The summed E-state index contributed by atoms with van der Waals surface area (Å²) < 4.78 is 44.5. The van der Waals surface area contributed by atoms with E-state index in [0.29, 0.717) is 24.5 Å². The smallest absolute Gasteiger partial charge is 0.306 e. The molecular formula is C42H69NO9. The van der Waals surface area contributed by atoms with Gasteiger partial charge >= 0.3 is 5.97 Å². The van der Waals surface area contributed by atoms with Crippen molar-refractivity contribution in [3.8, 4) is 0 Å². The first-order chi connectivity index (χ1) is 24.9. The molecule has 2 saturated carbocycles. The molecule has 3 aliphatic carbocycles. The molecule has 0 aromatic heterocycles. The Morgan fingerprint density at radius 2 is 1.65 bits per heavy atom. The molecule has 6 rings (SSSR count). The Kier molecular flexibility index (Phi) is 13.6. The van der Waals surface area contributed by atoms with Crippen molar-refractivity contribution in [1.82, 2.24) is 4.90 Å². The standard InChI is InChI=1S/C42H69NO9/c1-10-28-13-12-14-36(52-38-18-17-35(43(7)8)26(6)48-38)24(4)39(45)34-21-32-30(33(34)22-37(44)50-28)16-15-27-19-29(20-31(27)32)51-42-41(46-9)40(47-11-2)23(3)25(5)49-42/h21,23-33,35-36,38,40-42H,10-20,22H2,1-9H3/t23-,24+,25-,26+,27+,28-,29+,30+,31+,32+,33-,35-,36-,38-,40+,41+,42-/m0/s1. The first-order valence-corrected chi connectivity index (χ1v) is 20.8. The first kappa shape index (κ1) is 40.3. The Morgan fingerprint density at radius 1 is 0.865 bits per heavy atom. The second-order valence-electron chi connectivity index (χ2n) is 17.3. The molecule has 296 valence electrons. The predicted molar refractivity (Wildman–Crippen MR) is 197 cm³/mol. The lowest BCUT2D eigenvalue weighted by molar-refractivity contribution is -0.302. The van der Waals surface area contributed by atoms with Gasteiger partial charge in [-0.25, -0.2) is 0 Å². The highest BCUT2D eigenvalue weighted by Gasteiger charge is 2.53. The fourth-order valence-electron chi connectivity index (χ4n) is 10.9. The van der Waals surface area contributed by atoms with E-state index in [0.717, 1.165) is 69.8 Å². The normalized spacial score (nSPS) is 46.0. The maximum absolute atomic E-state index is 14.7. The van der Waals surface area contributed by atoms with Gasteiger partial charge in [0.05, 0.1) is 36.9 Å². The van der Waals surface area contributed by atoms with Crippen molar-refractivity contribution in [3.05, 3.63) is 11.6 Å². The maximum atomic E-state index is 14.7. The lowest BCUT2D eigenvalue weighted by Gasteiger charge is -2.44. The van der Waals surface area contributed by atoms with Crippen molar-refractivity contribution in [2.75, 3.05) is 27.8 Å². The molecule has 3 aliphatic heterocycles. The summed E-state index contributed by atoms with van der Waals surface area (Å²) >= 11 is 0. The quantitative estimate of drug-likeness (QED) is 0.238. The van der Waals surface area contributed by atoms with Gasteiger partial charge in [0.25, 0.3) is 0 Å². The number of allylic oxidation sites excluding steroid dienone is 2. The van der Waals surface area contributed by atoms with Gasteiger partial charge in [0.2, 0.25) is 0 Å². The molecule has 0 spiro atoms. The summed E-state index contributed by atoms with van der Waals surface area (Å²) in [6.45, 7) is 13.1. The fraction of sp³-hybridized carbons (Fsp3) is 0.905. The molecule has 52 heavy (non-hydrogen) atoms.